The first kappa shape index (κ1) is 16.4. The molecule has 5 aromatic heterocycles. The van der Waals surface area contributed by atoms with Crippen molar-refractivity contribution in [3.63, 3.8) is 0 Å². The molecule has 9 heteroatoms. The molecule has 5 heterocycles. The molecule has 0 spiro atoms. The van der Waals surface area contributed by atoms with Gasteiger partial charge in [0.15, 0.2) is 5.65 Å². The molecule has 1 aliphatic rings. The van der Waals surface area contributed by atoms with Crippen LogP contribution in [-0.4, -0.2) is 30.6 Å². The number of aromatic nitrogens is 5. The minimum absolute atomic E-state index is 0.229. The number of rotatable bonds is 4. The number of nitrogens with zero attached hydrogens (tertiary/aromatic N) is 5. The van der Waals surface area contributed by atoms with E-state index in [2.05, 4.69) is 25.7 Å². The average Bonchev–Trinajstić information content (AvgIpc) is 3.15. The fourth-order valence-corrected chi connectivity index (χ4v) is 4.12. The average molecular weight is 402 g/mol. The number of hydrogen-bond acceptors (Lipinski definition) is 7. The Morgan fingerprint density at radius 2 is 2.21 bits per heavy atom. The standard InChI is InChI=1S/C20H14N6O2S/c27-19(22-12-5-6-16-24-21-10-26(16)9-12)13-8-14(15-2-1-7-29-15)23-20-17(13)18(25-28-20)11-3-4-11/h1-2,5-11H,3-4H2,(H,22,27). The second-order valence-corrected chi connectivity index (χ2v) is 7.97. The second-order valence-electron chi connectivity index (χ2n) is 7.02. The second kappa shape index (κ2) is 6.21. The SMILES string of the molecule is O=C(Nc1ccc2nncn2c1)c1cc(-c2cccs2)nc2onc(C3CC3)c12. The molecule has 0 atom stereocenters. The molecule has 0 unspecified atom stereocenters. The van der Waals surface area contributed by atoms with Crippen molar-refractivity contribution in [2.45, 2.75) is 18.8 Å². The highest BCUT2D eigenvalue weighted by atomic mass is 32.1. The summed E-state index contributed by atoms with van der Waals surface area (Å²) < 4.78 is 7.27. The molecule has 1 amide bonds. The molecular formula is C20H14N6O2S. The van der Waals surface area contributed by atoms with E-state index >= 15 is 0 Å². The smallest absolute Gasteiger partial charge is 0.259 e. The highest BCUT2D eigenvalue weighted by Gasteiger charge is 2.32. The van der Waals surface area contributed by atoms with Crippen molar-refractivity contribution in [1.29, 1.82) is 0 Å². The zero-order chi connectivity index (χ0) is 19.4. The zero-order valence-electron chi connectivity index (χ0n) is 15.1. The Morgan fingerprint density at radius 1 is 1.28 bits per heavy atom. The van der Waals surface area contributed by atoms with E-state index < -0.39 is 0 Å². The van der Waals surface area contributed by atoms with Crippen LogP contribution >= 0.6 is 11.3 Å². The van der Waals surface area contributed by atoms with E-state index in [1.54, 1.807) is 40.4 Å². The van der Waals surface area contributed by atoms with Crippen LogP contribution in [0.3, 0.4) is 0 Å². The van der Waals surface area contributed by atoms with Crippen LogP contribution in [0.5, 0.6) is 0 Å². The quantitative estimate of drug-likeness (QED) is 0.485. The number of carbonyl (C=O) groups is 1. The van der Waals surface area contributed by atoms with E-state index in [-0.39, 0.29) is 5.91 Å². The van der Waals surface area contributed by atoms with E-state index in [4.69, 9.17) is 4.52 Å². The van der Waals surface area contributed by atoms with E-state index in [0.717, 1.165) is 23.4 Å². The molecule has 1 N–H and O–H groups in total. The van der Waals surface area contributed by atoms with Gasteiger partial charge in [-0.05, 0) is 42.5 Å². The summed E-state index contributed by atoms with van der Waals surface area (Å²) in [5.41, 5.74) is 3.80. The fourth-order valence-electron chi connectivity index (χ4n) is 3.44. The summed E-state index contributed by atoms with van der Waals surface area (Å²) in [5, 5.41) is 17.7. The molecular weight excluding hydrogens is 388 g/mol. The van der Waals surface area contributed by atoms with Gasteiger partial charge in [0.25, 0.3) is 11.6 Å². The van der Waals surface area contributed by atoms with Crippen molar-refractivity contribution in [3.05, 3.63) is 59.5 Å². The monoisotopic (exact) mass is 402 g/mol. The molecule has 8 nitrogen and oxygen atoms in total. The maximum atomic E-state index is 13.3. The van der Waals surface area contributed by atoms with Crippen molar-refractivity contribution in [3.8, 4) is 10.6 Å². The number of hydrogen-bond donors (Lipinski definition) is 1. The predicted octanol–water partition coefficient (Wildman–Crippen LogP) is 4.12. The third-order valence-electron chi connectivity index (χ3n) is 5.00. The highest BCUT2D eigenvalue weighted by molar-refractivity contribution is 7.13. The van der Waals surface area contributed by atoms with Gasteiger partial charge in [0.2, 0.25) is 0 Å². The predicted molar refractivity (Wildman–Crippen MR) is 108 cm³/mol. The van der Waals surface area contributed by atoms with Crippen molar-refractivity contribution < 1.29 is 9.32 Å². The van der Waals surface area contributed by atoms with Crippen LogP contribution in [0.25, 0.3) is 27.3 Å². The van der Waals surface area contributed by atoms with Crippen molar-refractivity contribution in [2.75, 3.05) is 5.32 Å². The van der Waals surface area contributed by atoms with Crippen molar-refractivity contribution in [2.24, 2.45) is 0 Å². The van der Waals surface area contributed by atoms with Gasteiger partial charge >= 0.3 is 0 Å². The third kappa shape index (κ3) is 2.78. The summed E-state index contributed by atoms with van der Waals surface area (Å²) in [6.45, 7) is 0. The molecule has 6 rings (SSSR count). The Labute approximate surface area is 168 Å². The third-order valence-corrected chi connectivity index (χ3v) is 5.90. The van der Waals surface area contributed by atoms with Crippen LogP contribution in [-0.2, 0) is 0 Å². The molecule has 0 radical (unpaired) electrons. The van der Waals surface area contributed by atoms with Crippen LogP contribution in [0.1, 0.15) is 34.8 Å². The van der Waals surface area contributed by atoms with Gasteiger partial charge in [-0.3, -0.25) is 9.20 Å². The first-order valence-corrected chi connectivity index (χ1v) is 10.1. The summed E-state index contributed by atoms with van der Waals surface area (Å²) in [4.78, 5) is 18.9. The number of amides is 1. The minimum Gasteiger partial charge on any atom is -0.335 e. The topological polar surface area (TPSA) is 98.2 Å². The van der Waals surface area contributed by atoms with Crippen LogP contribution in [0.2, 0.25) is 0 Å². The largest absolute Gasteiger partial charge is 0.335 e. The molecule has 1 aliphatic carbocycles. The minimum atomic E-state index is -0.229. The maximum Gasteiger partial charge on any atom is 0.259 e. The lowest BCUT2D eigenvalue weighted by molar-refractivity contribution is 0.102. The molecule has 142 valence electrons. The van der Waals surface area contributed by atoms with Crippen LogP contribution in [0, 0.1) is 0 Å². The lowest BCUT2D eigenvalue weighted by atomic mass is 10.1. The van der Waals surface area contributed by atoms with Gasteiger partial charge in [-0.1, -0.05) is 11.2 Å². The van der Waals surface area contributed by atoms with Crippen molar-refractivity contribution >= 4 is 39.7 Å². The Kier molecular flexibility index (Phi) is 3.51. The molecule has 0 saturated heterocycles. The summed E-state index contributed by atoms with van der Waals surface area (Å²) in [6, 6.07) is 9.35. The Hall–Kier alpha value is -3.59. The summed E-state index contributed by atoms with van der Waals surface area (Å²) >= 11 is 1.56. The Balaban J connectivity index is 1.46. The van der Waals surface area contributed by atoms with Crippen molar-refractivity contribution in [1.82, 2.24) is 24.7 Å². The first-order chi connectivity index (χ1) is 14.3. The molecule has 0 aliphatic heterocycles. The van der Waals surface area contributed by atoms with Crippen LogP contribution in [0.4, 0.5) is 5.69 Å². The molecule has 29 heavy (non-hydrogen) atoms. The number of nitrogens with one attached hydrogen (secondary N) is 1. The molecule has 0 bridgehead atoms. The molecule has 0 aromatic carbocycles. The van der Waals surface area contributed by atoms with E-state index in [1.807, 2.05) is 23.6 Å². The number of fused-ring (bicyclic) bond motifs is 2. The zero-order valence-corrected chi connectivity index (χ0v) is 15.9. The number of anilines is 1. The lowest BCUT2D eigenvalue weighted by Gasteiger charge is -2.08. The Morgan fingerprint density at radius 3 is 3.03 bits per heavy atom. The first-order valence-electron chi connectivity index (χ1n) is 9.21. The van der Waals surface area contributed by atoms with Crippen LogP contribution < -0.4 is 5.32 Å². The van der Waals surface area contributed by atoms with Gasteiger partial charge in [0.05, 0.1) is 32.9 Å². The van der Waals surface area contributed by atoms with E-state index in [1.165, 1.54) is 0 Å². The lowest BCUT2D eigenvalue weighted by Crippen LogP contribution is -2.13. The van der Waals surface area contributed by atoms with Gasteiger partial charge in [0, 0.05) is 12.1 Å². The van der Waals surface area contributed by atoms with Gasteiger partial charge < -0.3 is 9.84 Å². The van der Waals surface area contributed by atoms with Gasteiger partial charge in [0.1, 0.15) is 6.33 Å². The van der Waals surface area contributed by atoms with Gasteiger partial charge in [-0.15, -0.1) is 21.5 Å². The van der Waals surface area contributed by atoms with E-state index in [0.29, 0.717) is 39.6 Å². The highest BCUT2D eigenvalue weighted by Crippen LogP contribution is 2.43. The molecule has 1 fully saturated rings. The summed E-state index contributed by atoms with van der Waals surface area (Å²) in [7, 11) is 0. The number of carbonyl (C=O) groups excluding carboxylic acids is 1. The van der Waals surface area contributed by atoms with E-state index in [9.17, 15) is 4.79 Å². The molecule has 1 saturated carbocycles. The number of thiophene rings is 1. The van der Waals surface area contributed by atoms with Crippen LogP contribution in [0.15, 0.2) is 52.8 Å². The summed E-state index contributed by atoms with van der Waals surface area (Å²) in [6.07, 6.45) is 5.48. The molecule has 5 aromatic rings. The van der Waals surface area contributed by atoms with Gasteiger partial charge in [-0.25, -0.2) is 4.98 Å². The van der Waals surface area contributed by atoms with Gasteiger partial charge in [-0.2, -0.15) is 0 Å². The number of pyridine rings is 2. The maximum absolute atomic E-state index is 13.3. The summed E-state index contributed by atoms with van der Waals surface area (Å²) in [5.74, 6) is 0.110. The Bertz CT molecular complexity index is 1370. The normalized spacial score (nSPS) is 13.9. The fraction of sp³-hybridized carbons (Fsp3) is 0.150.